The van der Waals surface area contributed by atoms with Gasteiger partial charge in [-0.15, -0.1) is 0 Å². The van der Waals surface area contributed by atoms with Crippen LogP contribution < -0.4 is 15.8 Å². The first-order chi connectivity index (χ1) is 8.97. The molecule has 0 bridgehead atoms. The summed E-state index contributed by atoms with van der Waals surface area (Å²) in [6, 6.07) is 0. The fourth-order valence-electron chi connectivity index (χ4n) is 1.81. The van der Waals surface area contributed by atoms with Gasteiger partial charge in [-0.1, -0.05) is 13.8 Å². The van der Waals surface area contributed by atoms with Gasteiger partial charge in [-0.25, -0.2) is 4.68 Å². The second kappa shape index (κ2) is 7.65. The van der Waals surface area contributed by atoms with Gasteiger partial charge in [0.1, 0.15) is 4.47 Å². The van der Waals surface area contributed by atoms with Crippen molar-refractivity contribution in [3.63, 3.8) is 0 Å². The van der Waals surface area contributed by atoms with Gasteiger partial charge in [-0.05, 0) is 41.9 Å². The lowest BCUT2D eigenvalue weighted by Crippen LogP contribution is -2.29. The summed E-state index contributed by atoms with van der Waals surface area (Å²) < 4.78 is 2.11. The molecule has 1 aromatic heterocycles. The van der Waals surface area contributed by atoms with Crippen LogP contribution in [0.15, 0.2) is 15.5 Å². The molecule has 1 rings (SSSR count). The van der Waals surface area contributed by atoms with E-state index in [-0.39, 0.29) is 5.56 Å². The second-order valence-corrected chi connectivity index (χ2v) is 5.90. The van der Waals surface area contributed by atoms with E-state index < -0.39 is 0 Å². The average molecular weight is 331 g/mol. The molecule has 0 spiro atoms. The summed E-state index contributed by atoms with van der Waals surface area (Å²) in [7, 11) is 3.91. The van der Waals surface area contributed by atoms with Crippen molar-refractivity contribution in [1.29, 1.82) is 0 Å². The standard InChI is InChI=1S/C13H23BrN4O/c1-10(2)9-18-13(19)12(14)11(8-16-18)17(4)7-5-6-15-3/h8,10,15H,5-7,9H2,1-4H3. The average Bonchev–Trinajstić information content (AvgIpc) is 2.35. The molecule has 0 amide bonds. The topological polar surface area (TPSA) is 50.2 Å². The Morgan fingerprint density at radius 2 is 2.21 bits per heavy atom. The summed E-state index contributed by atoms with van der Waals surface area (Å²) in [5.74, 6) is 0.399. The minimum Gasteiger partial charge on any atom is -0.372 e. The monoisotopic (exact) mass is 330 g/mol. The van der Waals surface area contributed by atoms with Crippen molar-refractivity contribution in [1.82, 2.24) is 15.1 Å². The van der Waals surface area contributed by atoms with E-state index >= 15 is 0 Å². The van der Waals surface area contributed by atoms with Crippen molar-refractivity contribution < 1.29 is 0 Å². The van der Waals surface area contributed by atoms with Crippen LogP contribution in [-0.4, -0.2) is 37.0 Å². The summed E-state index contributed by atoms with van der Waals surface area (Å²) in [5.41, 5.74) is 0.785. The van der Waals surface area contributed by atoms with Gasteiger partial charge in [0.15, 0.2) is 0 Å². The molecular weight excluding hydrogens is 308 g/mol. The highest BCUT2D eigenvalue weighted by Gasteiger charge is 2.12. The number of nitrogens with zero attached hydrogens (tertiary/aromatic N) is 3. The van der Waals surface area contributed by atoms with Crippen LogP contribution in [0, 0.1) is 5.92 Å². The van der Waals surface area contributed by atoms with E-state index in [1.807, 2.05) is 14.1 Å². The summed E-state index contributed by atoms with van der Waals surface area (Å²) in [6.07, 6.45) is 2.78. The zero-order valence-electron chi connectivity index (χ0n) is 12.1. The molecule has 0 saturated carbocycles. The van der Waals surface area contributed by atoms with E-state index in [1.165, 1.54) is 4.68 Å². The normalized spacial score (nSPS) is 11.1. The number of rotatable bonds is 7. The van der Waals surface area contributed by atoms with Gasteiger partial charge in [0.05, 0.1) is 11.9 Å². The maximum absolute atomic E-state index is 12.2. The number of hydrogen-bond acceptors (Lipinski definition) is 4. The van der Waals surface area contributed by atoms with Crippen molar-refractivity contribution in [3.05, 3.63) is 21.0 Å². The van der Waals surface area contributed by atoms with Crippen molar-refractivity contribution in [2.45, 2.75) is 26.8 Å². The molecule has 1 N–H and O–H groups in total. The maximum Gasteiger partial charge on any atom is 0.283 e. The van der Waals surface area contributed by atoms with Crippen LogP contribution in [0.4, 0.5) is 5.69 Å². The van der Waals surface area contributed by atoms with Gasteiger partial charge in [0.25, 0.3) is 5.56 Å². The molecule has 0 aliphatic rings. The van der Waals surface area contributed by atoms with E-state index in [9.17, 15) is 4.79 Å². The van der Waals surface area contributed by atoms with Gasteiger partial charge in [0.2, 0.25) is 0 Å². The minimum atomic E-state index is -0.0633. The van der Waals surface area contributed by atoms with Crippen LogP contribution in [-0.2, 0) is 6.54 Å². The number of nitrogens with one attached hydrogen (secondary N) is 1. The third kappa shape index (κ3) is 4.62. The third-order valence-corrected chi connectivity index (χ3v) is 3.58. The molecule has 0 saturated heterocycles. The first-order valence-electron chi connectivity index (χ1n) is 6.58. The summed E-state index contributed by atoms with van der Waals surface area (Å²) in [4.78, 5) is 14.2. The lowest BCUT2D eigenvalue weighted by Gasteiger charge is -2.20. The summed E-state index contributed by atoms with van der Waals surface area (Å²) >= 11 is 3.40. The third-order valence-electron chi connectivity index (χ3n) is 2.84. The number of anilines is 1. The Morgan fingerprint density at radius 1 is 1.53 bits per heavy atom. The molecule has 1 heterocycles. The van der Waals surface area contributed by atoms with Crippen molar-refractivity contribution in [2.75, 3.05) is 32.1 Å². The number of hydrogen-bond donors (Lipinski definition) is 1. The summed E-state index contributed by atoms with van der Waals surface area (Å²) in [5, 5.41) is 7.36. The quantitative estimate of drug-likeness (QED) is 0.773. The van der Waals surface area contributed by atoms with Gasteiger partial charge in [-0.2, -0.15) is 5.10 Å². The Bertz CT molecular complexity index is 458. The van der Waals surface area contributed by atoms with Gasteiger partial charge >= 0.3 is 0 Å². The smallest absolute Gasteiger partial charge is 0.283 e. The van der Waals surface area contributed by atoms with Crippen molar-refractivity contribution in [3.8, 4) is 0 Å². The molecule has 0 unspecified atom stereocenters. The highest BCUT2D eigenvalue weighted by molar-refractivity contribution is 9.10. The van der Waals surface area contributed by atoms with Crippen LogP contribution in [0.2, 0.25) is 0 Å². The first-order valence-corrected chi connectivity index (χ1v) is 7.38. The largest absolute Gasteiger partial charge is 0.372 e. The minimum absolute atomic E-state index is 0.0633. The van der Waals surface area contributed by atoms with Crippen LogP contribution in [0.3, 0.4) is 0 Å². The second-order valence-electron chi connectivity index (χ2n) is 5.10. The predicted molar refractivity (Wildman–Crippen MR) is 82.8 cm³/mol. The lowest BCUT2D eigenvalue weighted by molar-refractivity contribution is 0.462. The number of halogens is 1. The molecular formula is C13H23BrN4O. The van der Waals surface area contributed by atoms with Crippen LogP contribution in [0.25, 0.3) is 0 Å². The Labute approximate surface area is 123 Å². The fourth-order valence-corrected chi connectivity index (χ4v) is 2.42. The molecule has 0 fully saturated rings. The van der Waals surface area contributed by atoms with Crippen LogP contribution in [0.1, 0.15) is 20.3 Å². The van der Waals surface area contributed by atoms with E-state index in [0.29, 0.717) is 16.9 Å². The molecule has 0 aliphatic heterocycles. The van der Waals surface area contributed by atoms with Crippen LogP contribution >= 0.6 is 15.9 Å². The highest BCUT2D eigenvalue weighted by Crippen LogP contribution is 2.20. The van der Waals surface area contributed by atoms with Crippen molar-refractivity contribution >= 4 is 21.6 Å². The first kappa shape index (κ1) is 16.2. The predicted octanol–water partition coefficient (Wildman–Crippen LogP) is 1.71. The zero-order valence-corrected chi connectivity index (χ0v) is 13.7. The van der Waals surface area contributed by atoms with Crippen molar-refractivity contribution in [2.24, 2.45) is 5.92 Å². The van der Waals surface area contributed by atoms with E-state index in [1.54, 1.807) is 6.20 Å². The number of aromatic nitrogens is 2. The summed E-state index contributed by atoms with van der Waals surface area (Å²) in [6.45, 7) is 6.62. The Hall–Kier alpha value is -0.880. The lowest BCUT2D eigenvalue weighted by atomic mass is 10.2. The molecule has 0 aliphatic carbocycles. The molecule has 1 aromatic rings. The molecule has 6 heteroatoms. The molecule has 0 atom stereocenters. The van der Waals surface area contributed by atoms with Gasteiger partial charge < -0.3 is 10.2 Å². The molecule has 0 radical (unpaired) electrons. The zero-order chi connectivity index (χ0) is 14.4. The van der Waals surface area contributed by atoms with Gasteiger partial charge in [-0.3, -0.25) is 4.79 Å². The Kier molecular flexibility index (Phi) is 6.51. The van der Waals surface area contributed by atoms with E-state index in [4.69, 9.17) is 0 Å². The maximum atomic E-state index is 12.2. The fraction of sp³-hybridized carbons (Fsp3) is 0.692. The SMILES string of the molecule is CNCCCN(C)c1cnn(CC(C)C)c(=O)c1Br. The molecule has 0 aromatic carbocycles. The highest BCUT2D eigenvalue weighted by atomic mass is 79.9. The Balaban J connectivity index is 2.86. The molecule has 108 valence electrons. The molecule has 5 nitrogen and oxygen atoms in total. The van der Waals surface area contributed by atoms with Gasteiger partial charge in [0, 0.05) is 20.1 Å². The Morgan fingerprint density at radius 3 is 2.79 bits per heavy atom. The molecule has 19 heavy (non-hydrogen) atoms. The van der Waals surface area contributed by atoms with Crippen LogP contribution in [0.5, 0.6) is 0 Å². The van der Waals surface area contributed by atoms with E-state index in [2.05, 4.69) is 45.1 Å². The van der Waals surface area contributed by atoms with E-state index in [0.717, 1.165) is 25.2 Å².